The van der Waals surface area contributed by atoms with Gasteiger partial charge in [0.15, 0.2) is 0 Å². The van der Waals surface area contributed by atoms with Gasteiger partial charge < -0.3 is 11.1 Å². The molecule has 0 saturated carbocycles. The smallest absolute Gasteiger partial charge is 0.226 e. The van der Waals surface area contributed by atoms with Gasteiger partial charge in [-0.2, -0.15) is 5.10 Å². The number of aromatic amines is 1. The Morgan fingerprint density at radius 1 is 1.27 bits per heavy atom. The fraction of sp³-hybridized carbons (Fsp3) is 0.312. The molecule has 1 aliphatic carbocycles. The number of nitrogens with zero attached hydrogens (tertiary/aromatic N) is 1. The minimum Gasteiger partial charge on any atom is -0.369 e. The third-order valence-corrected chi connectivity index (χ3v) is 4.02. The van der Waals surface area contributed by atoms with Crippen molar-refractivity contribution in [3.8, 4) is 0 Å². The molecule has 0 fully saturated rings. The van der Waals surface area contributed by atoms with Crippen molar-refractivity contribution < 1.29 is 9.59 Å². The highest BCUT2D eigenvalue weighted by molar-refractivity contribution is 5.87. The number of H-pyrrole nitrogens is 1. The summed E-state index contributed by atoms with van der Waals surface area (Å²) in [5, 5.41) is 10.9. The van der Waals surface area contributed by atoms with Gasteiger partial charge in [-0.05, 0) is 18.9 Å². The van der Waals surface area contributed by atoms with Crippen molar-refractivity contribution >= 4 is 22.7 Å². The van der Waals surface area contributed by atoms with E-state index in [1.165, 1.54) is 0 Å². The van der Waals surface area contributed by atoms with E-state index >= 15 is 0 Å². The third kappa shape index (κ3) is 2.86. The highest BCUT2D eigenvalue weighted by Crippen LogP contribution is 2.20. The van der Waals surface area contributed by atoms with Crippen LogP contribution in [0.2, 0.25) is 0 Å². The van der Waals surface area contributed by atoms with Crippen LogP contribution in [0.25, 0.3) is 10.9 Å². The number of nitrogens with two attached hydrogens (primary N) is 1. The fourth-order valence-corrected chi connectivity index (χ4v) is 2.86. The number of primary amides is 1. The number of carbonyl (C=O) groups is 2. The van der Waals surface area contributed by atoms with E-state index in [-0.39, 0.29) is 30.2 Å². The third-order valence-electron chi connectivity index (χ3n) is 4.02. The van der Waals surface area contributed by atoms with Gasteiger partial charge in [0.05, 0.1) is 23.5 Å². The van der Waals surface area contributed by atoms with E-state index in [2.05, 4.69) is 15.5 Å². The van der Waals surface area contributed by atoms with E-state index in [9.17, 15) is 9.59 Å². The summed E-state index contributed by atoms with van der Waals surface area (Å²) < 4.78 is 0. The maximum atomic E-state index is 12.3. The van der Waals surface area contributed by atoms with Crippen molar-refractivity contribution in [1.29, 1.82) is 0 Å². The van der Waals surface area contributed by atoms with Crippen LogP contribution in [0.3, 0.4) is 0 Å². The largest absolute Gasteiger partial charge is 0.369 e. The topological polar surface area (TPSA) is 101 Å². The minimum absolute atomic E-state index is 0.138. The van der Waals surface area contributed by atoms with Gasteiger partial charge in [-0.25, -0.2) is 0 Å². The maximum absolute atomic E-state index is 12.3. The number of hydrogen-bond donors (Lipinski definition) is 3. The average molecular weight is 298 g/mol. The van der Waals surface area contributed by atoms with Crippen LogP contribution in [0, 0.1) is 5.92 Å². The van der Waals surface area contributed by atoms with Gasteiger partial charge >= 0.3 is 0 Å². The van der Waals surface area contributed by atoms with Crippen molar-refractivity contribution in [3.05, 3.63) is 42.1 Å². The van der Waals surface area contributed by atoms with Gasteiger partial charge in [0, 0.05) is 11.4 Å². The summed E-state index contributed by atoms with van der Waals surface area (Å²) >= 11 is 0. The van der Waals surface area contributed by atoms with Gasteiger partial charge in [-0.1, -0.05) is 30.4 Å². The Balaban J connectivity index is 1.69. The van der Waals surface area contributed by atoms with E-state index in [1.54, 1.807) is 0 Å². The average Bonchev–Trinajstić information content (AvgIpc) is 2.91. The molecule has 2 amide bonds. The first-order valence-corrected chi connectivity index (χ1v) is 7.31. The Kier molecular flexibility index (Phi) is 3.91. The SMILES string of the molecule is NC(=O)[C@@H]1CC=CC[C@H]1NC(=O)Cc1[nH]nc2ccccc12. The first-order valence-electron chi connectivity index (χ1n) is 7.31. The van der Waals surface area contributed by atoms with Gasteiger partial charge in [-0.3, -0.25) is 14.7 Å². The van der Waals surface area contributed by atoms with Crippen LogP contribution in [-0.4, -0.2) is 28.1 Å². The molecule has 6 heteroatoms. The number of para-hydroxylation sites is 1. The monoisotopic (exact) mass is 298 g/mol. The molecule has 0 unspecified atom stereocenters. The number of amides is 2. The second-order valence-corrected chi connectivity index (χ2v) is 5.52. The summed E-state index contributed by atoms with van der Waals surface area (Å²) in [7, 11) is 0. The molecule has 4 N–H and O–H groups in total. The van der Waals surface area contributed by atoms with Crippen molar-refractivity contribution in [3.63, 3.8) is 0 Å². The number of fused-ring (bicyclic) bond motifs is 1. The first kappa shape index (κ1) is 14.3. The lowest BCUT2D eigenvalue weighted by Crippen LogP contribution is -2.46. The van der Waals surface area contributed by atoms with Crippen LogP contribution >= 0.6 is 0 Å². The Bertz CT molecular complexity index is 735. The molecule has 2 atom stereocenters. The van der Waals surface area contributed by atoms with Crippen LogP contribution in [-0.2, 0) is 16.0 Å². The zero-order chi connectivity index (χ0) is 15.5. The fourth-order valence-electron chi connectivity index (χ4n) is 2.86. The standard InChI is InChI=1S/C16H18N4O2/c17-16(22)11-6-2-3-7-12(11)18-15(21)9-14-10-5-1-4-8-13(10)19-20-14/h1-5,8,11-12H,6-7,9H2,(H2,17,22)(H,18,21)(H,19,20)/t11-,12-/m1/s1. The van der Waals surface area contributed by atoms with Crippen LogP contribution in [0.15, 0.2) is 36.4 Å². The van der Waals surface area contributed by atoms with E-state index < -0.39 is 0 Å². The number of carbonyl (C=O) groups excluding carboxylic acids is 2. The van der Waals surface area contributed by atoms with E-state index in [1.807, 2.05) is 36.4 Å². The molecule has 1 aromatic heterocycles. The Labute approximate surface area is 127 Å². The summed E-state index contributed by atoms with van der Waals surface area (Å²) in [6.45, 7) is 0. The van der Waals surface area contributed by atoms with Crippen LogP contribution < -0.4 is 11.1 Å². The quantitative estimate of drug-likeness (QED) is 0.735. The zero-order valence-electron chi connectivity index (χ0n) is 12.1. The molecule has 1 heterocycles. The molecule has 6 nitrogen and oxygen atoms in total. The van der Waals surface area contributed by atoms with Gasteiger partial charge in [0.1, 0.15) is 0 Å². The molecule has 114 valence electrons. The van der Waals surface area contributed by atoms with Crippen LogP contribution in [0.1, 0.15) is 18.5 Å². The molecule has 1 aromatic carbocycles. The van der Waals surface area contributed by atoms with E-state index in [0.29, 0.717) is 12.8 Å². The molecule has 0 bridgehead atoms. The maximum Gasteiger partial charge on any atom is 0.226 e. The highest BCUT2D eigenvalue weighted by atomic mass is 16.2. The van der Waals surface area contributed by atoms with Gasteiger partial charge in [0.2, 0.25) is 11.8 Å². The molecule has 0 spiro atoms. The number of benzene rings is 1. The Hall–Kier alpha value is -2.63. The predicted molar refractivity (Wildman–Crippen MR) is 82.8 cm³/mol. The lowest BCUT2D eigenvalue weighted by atomic mass is 9.88. The van der Waals surface area contributed by atoms with Crippen LogP contribution in [0.5, 0.6) is 0 Å². The number of aromatic nitrogens is 2. The summed E-state index contributed by atoms with van der Waals surface area (Å²) in [5.74, 6) is -0.852. The molecule has 0 saturated heterocycles. The molecule has 0 aliphatic heterocycles. The van der Waals surface area contributed by atoms with E-state index in [0.717, 1.165) is 16.6 Å². The second-order valence-electron chi connectivity index (χ2n) is 5.52. The first-order chi connectivity index (χ1) is 10.6. The van der Waals surface area contributed by atoms with Gasteiger partial charge in [-0.15, -0.1) is 0 Å². The minimum atomic E-state index is -0.373. The predicted octanol–water partition coefficient (Wildman–Crippen LogP) is 1.04. The number of allylic oxidation sites excluding steroid dienone is 1. The van der Waals surface area contributed by atoms with Crippen LogP contribution in [0.4, 0.5) is 0 Å². The molecule has 1 aliphatic rings. The number of nitrogens with one attached hydrogen (secondary N) is 2. The Morgan fingerprint density at radius 3 is 2.86 bits per heavy atom. The van der Waals surface area contributed by atoms with E-state index in [4.69, 9.17) is 5.73 Å². The Morgan fingerprint density at radius 2 is 2.05 bits per heavy atom. The molecule has 22 heavy (non-hydrogen) atoms. The summed E-state index contributed by atoms with van der Waals surface area (Å²) in [4.78, 5) is 23.7. The summed E-state index contributed by atoms with van der Waals surface area (Å²) in [6, 6.07) is 7.40. The number of rotatable bonds is 4. The highest BCUT2D eigenvalue weighted by Gasteiger charge is 2.28. The molecule has 0 radical (unpaired) electrons. The molecular formula is C16H18N4O2. The van der Waals surface area contributed by atoms with Crippen molar-refractivity contribution in [1.82, 2.24) is 15.5 Å². The normalized spacial score (nSPS) is 20.9. The van der Waals surface area contributed by atoms with Gasteiger partial charge in [0.25, 0.3) is 0 Å². The number of hydrogen-bond acceptors (Lipinski definition) is 3. The van der Waals surface area contributed by atoms with Crippen molar-refractivity contribution in [2.75, 3.05) is 0 Å². The summed E-state index contributed by atoms with van der Waals surface area (Å²) in [5.41, 5.74) is 7.01. The van der Waals surface area contributed by atoms with Crippen molar-refractivity contribution in [2.45, 2.75) is 25.3 Å². The summed E-state index contributed by atoms with van der Waals surface area (Å²) in [6.07, 6.45) is 5.30. The molecular weight excluding hydrogens is 280 g/mol. The van der Waals surface area contributed by atoms with Crippen molar-refractivity contribution in [2.24, 2.45) is 11.7 Å². The zero-order valence-corrected chi connectivity index (χ0v) is 12.1. The second kappa shape index (κ2) is 6.01. The molecule has 2 aromatic rings. The lowest BCUT2D eigenvalue weighted by molar-refractivity contribution is -0.124. The molecule has 3 rings (SSSR count). The lowest BCUT2D eigenvalue weighted by Gasteiger charge is -2.26.